The average molecular weight is 1020 g/mol. The Hall–Kier alpha value is -5.04. The number of para-hydroxylation sites is 1. The fourth-order valence-electron chi connectivity index (χ4n) is 8.23. The number of nitrogens with zero attached hydrogens (tertiary/aromatic N) is 2. The Morgan fingerprint density at radius 2 is 1.28 bits per heavy atom. The normalized spacial score (nSPS) is 20.6. The molecule has 4 aliphatic rings. The molecule has 3 heterocycles. The van der Waals surface area contributed by atoms with Crippen molar-refractivity contribution in [3.05, 3.63) is 30.3 Å². The minimum atomic E-state index is -0.840. The van der Waals surface area contributed by atoms with Gasteiger partial charge in [-0.1, -0.05) is 31.0 Å². The van der Waals surface area contributed by atoms with E-state index in [0.717, 1.165) is 25.7 Å². The van der Waals surface area contributed by atoms with E-state index in [-0.39, 0.29) is 86.2 Å². The molecule has 1 saturated carbocycles. The Morgan fingerprint density at radius 1 is 0.676 bits per heavy atom. The number of likely N-dealkylation sites (tertiary alicyclic amines) is 1. The summed E-state index contributed by atoms with van der Waals surface area (Å²) >= 11 is 1.48. The molecular formula is C48H70N6O16S. The second kappa shape index (κ2) is 32.1. The van der Waals surface area contributed by atoms with Crippen molar-refractivity contribution in [2.45, 2.75) is 101 Å². The van der Waals surface area contributed by atoms with Crippen molar-refractivity contribution in [2.24, 2.45) is 11.8 Å². The number of hydrogen-bond donors (Lipinski definition) is 4. The largest absolute Gasteiger partial charge is 0.377 e. The van der Waals surface area contributed by atoms with E-state index in [0.29, 0.717) is 121 Å². The Labute approximate surface area is 418 Å². The summed E-state index contributed by atoms with van der Waals surface area (Å²) in [6.07, 6.45) is 6.37. The van der Waals surface area contributed by atoms with Crippen molar-refractivity contribution in [3.63, 3.8) is 0 Å². The fourth-order valence-corrected chi connectivity index (χ4v) is 9.41. The lowest BCUT2D eigenvalue weighted by Crippen LogP contribution is -2.50. The number of thioether (sulfide) groups is 1. The molecule has 4 N–H and O–H groups in total. The van der Waals surface area contributed by atoms with Gasteiger partial charge in [0.25, 0.3) is 11.8 Å². The van der Waals surface area contributed by atoms with E-state index in [4.69, 9.17) is 33.3 Å². The number of anilines is 1. The van der Waals surface area contributed by atoms with E-state index in [2.05, 4.69) is 21.3 Å². The molecule has 23 heteroatoms. The molecule has 394 valence electrons. The summed E-state index contributed by atoms with van der Waals surface area (Å²) in [6, 6.07) is 7.56. The van der Waals surface area contributed by atoms with Gasteiger partial charge in [0, 0.05) is 50.4 Å². The predicted octanol–water partition coefficient (Wildman–Crippen LogP) is 1.44. The summed E-state index contributed by atoms with van der Waals surface area (Å²) in [5.74, 6) is -2.45. The molecule has 0 spiro atoms. The number of rotatable bonds is 35. The third-order valence-corrected chi connectivity index (χ3v) is 13.4. The number of hydrogen-bond acceptors (Lipinski definition) is 17. The van der Waals surface area contributed by atoms with Crippen LogP contribution < -0.4 is 21.3 Å². The van der Waals surface area contributed by atoms with Crippen molar-refractivity contribution in [1.29, 1.82) is 0 Å². The summed E-state index contributed by atoms with van der Waals surface area (Å²) in [6.45, 7) is 4.00. The predicted molar refractivity (Wildman–Crippen MR) is 255 cm³/mol. The molecule has 3 atom stereocenters. The first-order chi connectivity index (χ1) is 34.5. The van der Waals surface area contributed by atoms with Gasteiger partial charge in [-0.3, -0.25) is 43.3 Å². The zero-order valence-corrected chi connectivity index (χ0v) is 41.2. The maximum atomic E-state index is 13.3. The highest BCUT2D eigenvalue weighted by atomic mass is 32.2. The minimum Gasteiger partial charge on any atom is -0.377 e. The van der Waals surface area contributed by atoms with Gasteiger partial charge in [-0.2, -0.15) is 0 Å². The molecule has 71 heavy (non-hydrogen) atoms. The lowest BCUT2D eigenvalue weighted by molar-refractivity contribution is -0.200. The Bertz CT molecular complexity index is 1890. The molecule has 1 aromatic rings. The van der Waals surface area contributed by atoms with Crippen LogP contribution in [0.3, 0.4) is 0 Å². The van der Waals surface area contributed by atoms with Crippen molar-refractivity contribution < 1.29 is 76.4 Å². The first kappa shape index (κ1) is 56.9. The molecule has 0 aromatic heterocycles. The van der Waals surface area contributed by atoms with Gasteiger partial charge in [0.05, 0.1) is 77.9 Å². The van der Waals surface area contributed by atoms with Crippen LogP contribution in [0, 0.1) is 11.8 Å². The maximum Gasteiger partial charge on any atom is 0.358 e. The first-order valence-electron chi connectivity index (χ1n) is 24.7. The van der Waals surface area contributed by atoms with Gasteiger partial charge in [0.2, 0.25) is 35.4 Å². The smallest absolute Gasteiger partial charge is 0.358 e. The standard InChI is InChI=1S/C48H70N6O16S/c55-40-15-14-38(51-40)47(62)52-37(46(61)50-36-7-3-1-4-8-36)9-5-2-6-30-71-39-31-43(58)53(48(39)63)32-34-10-12-35(13-11-34)45(60)49-18-19-64-20-21-65-22-23-66-24-25-67-26-27-68-28-29-69-33-44(59)70-54-41(56)16-17-42(54)57/h1,3-4,7-8,34-35,37-39H,2,5-6,9-33H2,(H,49,60)(H,50,61)(H,51,55)(H,52,62). The van der Waals surface area contributed by atoms with Crippen molar-refractivity contribution in [2.75, 3.05) is 103 Å². The van der Waals surface area contributed by atoms with Gasteiger partial charge in [0.15, 0.2) is 0 Å². The Morgan fingerprint density at radius 3 is 1.89 bits per heavy atom. The Balaban J connectivity index is 0.798. The maximum absolute atomic E-state index is 13.3. The molecule has 3 unspecified atom stereocenters. The molecule has 22 nitrogen and oxygen atoms in total. The molecule has 3 saturated heterocycles. The van der Waals surface area contributed by atoms with Crippen LogP contribution in [0.2, 0.25) is 0 Å². The summed E-state index contributed by atoms with van der Waals surface area (Å²) in [4.78, 5) is 117. The van der Waals surface area contributed by atoms with Crippen LogP contribution in [-0.2, 0) is 76.4 Å². The first-order valence-corrected chi connectivity index (χ1v) is 25.8. The molecule has 4 fully saturated rings. The third kappa shape index (κ3) is 20.9. The highest BCUT2D eigenvalue weighted by molar-refractivity contribution is 8.00. The minimum absolute atomic E-state index is 0.0166. The van der Waals surface area contributed by atoms with E-state index in [1.54, 1.807) is 24.3 Å². The number of hydroxylamine groups is 2. The average Bonchev–Trinajstić information content (AvgIpc) is 4.03. The number of unbranched alkanes of at least 4 members (excludes halogenated alkanes) is 2. The van der Waals surface area contributed by atoms with E-state index in [1.807, 2.05) is 6.07 Å². The van der Waals surface area contributed by atoms with Crippen LogP contribution >= 0.6 is 11.8 Å². The molecule has 8 amide bonds. The van der Waals surface area contributed by atoms with Gasteiger partial charge in [-0.15, -0.1) is 16.8 Å². The second-order valence-corrected chi connectivity index (χ2v) is 18.8. The molecular weight excluding hydrogens is 949 g/mol. The quantitative estimate of drug-likeness (QED) is 0.0553. The van der Waals surface area contributed by atoms with Gasteiger partial charge < -0.3 is 54.5 Å². The molecule has 1 aromatic carbocycles. The van der Waals surface area contributed by atoms with Crippen LogP contribution in [0.4, 0.5) is 5.69 Å². The molecule has 0 radical (unpaired) electrons. The number of imide groups is 2. The highest BCUT2D eigenvalue weighted by Gasteiger charge is 2.40. The summed E-state index contributed by atoms with van der Waals surface area (Å²) < 4.78 is 32.5. The van der Waals surface area contributed by atoms with Gasteiger partial charge in [-0.05, 0) is 68.7 Å². The van der Waals surface area contributed by atoms with Gasteiger partial charge >= 0.3 is 5.97 Å². The Kier molecular flexibility index (Phi) is 25.7. The molecule has 5 rings (SSSR count). The van der Waals surface area contributed by atoms with E-state index in [9.17, 15) is 43.2 Å². The lowest BCUT2D eigenvalue weighted by Gasteiger charge is -2.30. The molecule has 3 aliphatic heterocycles. The number of amides is 8. The SMILES string of the molecule is O=C1CCC(C(=O)NC(CCCCCSC2CC(=O)N(CC3CCC(C(=O)NCCOCCOCCOCCOCCOCCOCC(=O)ON4C(=O)CCC4=O)CC3)C2=O)C(=O)Nc2ccccc2)N1. The molecule has 1 aliphatic carbocycles. The van der Waals surface area contributed by atoms with Crippen LogP contribution in [-0.4, -0.2) is 179 Å². The topological polar surface area (TPSA) is 273 Å². The number of ether oxygens (including phenoxy) is 6. The molecule has 0 bridgehead atoms. The van der Waals surface area contributed by atoms with E-state index < -0.39 is 41.7 Å². The van der Waals surface area contributed by atoms with Crippen LogP contribution in [0.5, 0.6) is 0 Å². The number of carbonyl (C=O) groups is 9. The zero-order valence-electron chi connectivity index (χ0n) is 40.4. The van der Waals surface area contributed by atoms with Crippen LogP contribution in [0.25, 0.3) is 0 Å². The monoisotopic (exact) mass is 1020 g/mol. The van der Waals surface area contributed by atoms with E-state index >= 15 is 0 Å². The van der Waals surface area contributed by atoms with Crippen LogP contribution in [0.1, 0.15) is 83.5 Å². The highest BCUT2D eigenvalue weighted by Crippen LogP contribution is 2.33. The van der Waals surface area contributed by atoms with Crippen molar-refractivity contribution in [1.82, 2.24) is 25.9 Å². The summed E-state index contributed by atoms with van der Waals surface area (Å²) in [7, 11) is 0. The zero-order chi connectivity index (χ0) is 50.6. The second-order valence-electron chi connectivity index (χ2n) is 17.5. The summed E-state index contributed by atoms with van der Waals surface area (Å²) in [5, 5.41) is 11.3. The van der Waals surface area contributed by atoms with E-state index in [1.165, 1.54) is 16.7 Å². The van der Waals surface area contributed by atoms with Crippen LogP contribution in [0.15, 0.2) is 30.3 Å². The van der Waals surface area contributed by atoms with Gasteiger partial charge in [0.1, 0.15) is 18.7 Å². The number of benzene rings is 1. The number of nitrogens with one attached hydrogen (secondary N) is 4. The third-order valence-electron chi connectivity index (χ3n) is 12.1. The lowest BCUT2D eigenvalue weighted by atomic mass is 9.81. The van der Waals surface area contributed by atoms with Gasteiger partial charge in [-0.25, -0.2) is 4.79 Å². The summed E-state index contributed by atoms with van der Waals surface area (Å²) in [5.41, 5.74) is 0.618. The van der Waals surface area contributed by atoms with Crippen molar-refractivity contribution >= 4 is 70.7 Å². The fraction of sp³-hybridized carbons (Fsp3) is 0.688. The van der Waals surface area contributed by atoms with Crippen molar-refractivity contribution in [3.8, 4) is 0 Å². The number of carbonyl (C=O) groups excluding carboxylic acids is 9.